The highest BCUT2D eigenvalue weighted by atomic mass is 16.6. The molecule has 2 unspecified atom stereocenters. The normalized spacial score (nSPS) is 37.9. The van der Waals surface area contributed by atoms with Crippen LogP contribution in [0, 0.1) is 35.5 Å². The molecule has 0 radical (unpaired) electrons. The molecule has 3 aliphatic heterocycles. The van der Waals surface area contributed by atoms with Crippen LogP contribution in [0.5, 0.6) is 0 Å². The van der Waals surface area contributed by atoms with Crippen LogP contribution < -0.4 is 0 Å². The summed E-state index contributed by atoms with van der Waals surface area (Å²) in [6.07, 6.45) is 9.62. The maximum atomic E-state index is 14.5. The first-order valence-corrected chi connectivity index (χ1v) is 25.6. The van der Waals surface area contributed by atoms with Gasteiger partial charge < -0.3 is 48.6 Å². The largest absolute Gasteiger partial charge is 0.460 e. The van der Waals surface area contributed by atoms with Crippen LogP contribution in [0.2, 0.25) is 0 Å². The summed E-state index contributed by atoms with van der Waals surface area (Å²) in [5.41, 5.74) is 1.23. The maximum Gasteiger partial charge on any atom is 0.411 e. The van der Waals surface area contributed by atoms with Crippen molar-refractivity contribution in [3.63, 3.8) is 0 Å². The second kappa shape index (κ2) is 27.8. The van der Waals surface area contributed by atoms with E-state index in [1.807, 2.05) is 51.2 Å². The van der Waals surface area contributed by atoms with Crippen molar-refractivity contribution >= 4 is 35.3 Å². The van der Waals surface area contributed by atoms with Gasteiger partial charge >= 0.3 is 12.1 Å². The lowest BCUT2D eigenvalue weighted by atomic mass is 9.78. The zero-order valence-electron chi connectivity index (χ0n) is 44.1. The Morgan fingerprint density at radius 1 is 0.887 bits per heavy atom. The van der Waals surface area contributed by atoms with Crippen LogP contribution in [0.15, 0.2) is 47.6 Å². The number of Topliss-reactive ketones (excluding diaryl/α,β-unsaturated/α-hetero) is 3. The van der Waals surface area contributed by atoms with Crippen molar-refractivity contribution in [1.82, 2.24) is 9.80 Å². The van der Waals surface area contributed by atoms with Gasteiger partial charge in [0.2, 0.25) is 5.79 Å². The standard InChI is InChI=1S/C54H84N2O15/c1-32-17-13-12-14-18-33(2)44(66-9)29-40-22-20-38(7)54(65,71-40)50(61)51(62)56-24-16-15-19-41(56)52(63)69-45(30-42(58)34(3)26-37(6)48(60)49(68-11)47(59)36(5)25-32)35(4)27-39-21-23-43(46(28-39)67-10)70-53(64)55(8)31-57/h12-14,17-18,26,32,34-36,38-41,43-46,48-49,57,60,65H,15-16,19-25,27-31H2,1-11H3/b14-12+,17-13+,33-18+,37-26+/t32-,34-,35-,36?,38-,39+,40+,41+,43-,44+,45+,46-,48-,49?,54-/m1/s1. The minimum atomic E-state index is -2.46. The maximum absolute atomic E-state index is 14.5. The number of carbonyl (C=O) groups is 6. The first-order chi connectivity index (χ1) is 33.6. The lowest BCUT2D eigenvalue weighted by Gasteiger charge is -2.42. The highest BCUT2D eigenvalue weighted by Gasteiger charge is 2.53. The van der Waals surface area contributed by atoms with Crippen molar-refractivity contribution in [2.45, 2.75) is 180 Å². The van der Waals surface area contributed by atoms with Crippen molar-refractivity contribution in [2.24, 2.45) is 35.5 Å². The number of cyclic esters (lactones) is 1. The molecule has 3 N–H and O–H groups in total. The average Bonchev–Trinajstić information content (AvgIpc) is 3.35. The average molecular weight is 1000 g/mol. The summed E-state index contributed by atoms with van der Waals surface area (Å²) >= 11 is 0. The van der Waals surface area contributed by atoms with Gasteiger partial charge in [0.15, 0.2) is 5.78 Å². The van der Waals surface area contributed by atoms with Crippen molar-refractivity contribution in [1.29, 1.82) is 0 Å². The quantitative estimate of drug-likeness (QED) is 0.106. The molecule has 3 fully saturated rings. The minimum Gasteiger partial charge on any atom is -0.460 e. The van der Waals surface area contributed by atoms with E-state index in [2.05, 4.69) is 0 Å². The molecule has 0 aromatic carbocycles. The summed E-state index contributed by atoms with van der Waals surface area (Å²) in [6.45, 7) is 12.1. The summed E-state index contributed by atoms with van der Waals surface area (Å²) in [4.78, 5) is 85.8. The molecule has 0 spiro atoms. The Hall–Kier alpha value is -4.10. The van der Waals surface area contributed by atoms with Gasteiger partial charge in [-0.2, -0.15) is 0 Å². The summed E-state index contributed by atoms with van der Waals surface area (Å²) in [5, 5.41) is 32.9. The molecule has 0 aromatic heterocycles. The second-order valence-corrected chi connectivity index (χ2v) is 20.8. The van der Waals surface area contributed by atoms with E-state index in [9.17, 15) is 44.1 Å². The number of rotatable bonds is 8. The van der Waals surface area contributed by atoms with Gasteiger partial charge in [0.05, 0.1) is 18.3 Å². The van der Waals surface area contributed by atoms with Crippen molar-refractivity contribution in [2.75, 3.05) is 41.7 Å². The number of nitrogens with zero attached hydrogens (tertiary/aromatic N) is 2. The molecular weight excluding hydrogens is 917 g/mol. The van der Waals surface area contributed by atoms with Crippen LogP contribution in [0.4, 0.5) is 4.79 Å². The molecule has 2 saturated heterocycles. The molecule has 15 atom stereocenters. The number of esters is 1. The molecule has 2 amide bonds. The number of methoxy groups -OCH3 is 3. The number of carbonyl (C=O) groups excluding carboxylic acids is 6. The smallest absolute Gasteiger partial charge is 0.411 e. The molecule has 2 bridgehead atoms. The Bertz CT molecular complexity index is 1950. The molecule has 4 rings (SSSR count). The number of allylic oxidation sites excluding steroid dienone is 6. The monoisotopic (exact) mass is 1000 g/mol. The predicted octanol–water partition coefficient (Wildman–Crippen LogP) is 6.21. The Morgan fingerprint density at radius 3 is 2.27 bits per heavy atom. The molecule has 17 nitrogen and oxygen atoms in total. The number of amides is 2. The summed E-state index contributed by atoms with van der Waals surface area (Å²) in [6, 6.07) is -1.18. The summed E-state index contributed by atoms with van der Waals surface area (Å²) in [7, 11) is 5.88. The topological polar surface area (TPSA) is 225 Å². The third-order valence-corrected chi connectivity index (χ3v) is 15.2. The van der Waals surface area contributed by atoms with Crippen LogP contribution in [0.25, 0.3) is 0 Å². The lowest BCUT2D eigenvalue weighted by molar-refractivity contribution is -0.265. The number of aliphatic hydroxyl groups is 3. The molecule has 1 saturated carbocycles. The van der Waals surface area contributed by atoms with Gasteiger partial charge in [0.1, 0.15) is 43.0 Å². The fourth-order valence-electron chi connectivity index (χ4n) is 10.5. The Morgan fingerprint density at radius 2 is 1.61 bits per heavy atom. The zero-order chi connectivity index (χ0) is 52.7. The van der Waals surface area contributed by atoms with E-state index in [0.717, 1.165) is 10.5 Å². The van der Waals surface area contributed by atoms with Gasteiger partial charge in [0.25, 0.3) is 11.7 Å². The highest BCUT2D eigenvalue weighted by Crippen LogP contribution is 2.38. The molecule has 1 aliphatic carbocycles. The Labute approximate surface area is 421 Å². The summed E-state index contributed by atoms with van der Waals surface area (Å²) < 4.78 is 35.3. The number of hydrogen-bond donors (Lipinski definition) is 3. The molecule has 400 valence electrons. The van der Waals surface area contributed by atoms with Gasteiger partial charge in [-0.05, 0) is 107 Å². The van der Waals surface area contributed by atoms with E-state index in [-0.39, 0.29) is 42.8 Å². The first kappa shape index (κ1) is 59.5. The van der Waals surface area contributed by atoms with Gasteiger partial charge in [-0.1, -0.05) is 71.1 Å². The molecule has 71 heavy (non-hydrogen) atoms. The molecule has 3 heterocycles. The first-order valence-electron chi connectivity index (χ1n) is 25.6. The zero-order valence-corrected chi connectivity index (χ0v) is 44.1. The SMILES string of the molecule is COC1C(=O)C(C)C[C@H](C)/C=C/C=C/C=C(\C)[C@@H](OC)C[C@@H]2CC[C@@H](C)[C@@](O)(O2)C(=O)C(=O)N2CCCC[C@H]2C(=O)O[C@H]([C@H](C)C[C@@H]2CC[C@@H](OC(=O)N(C)CO)[C@H](OC)C2)CC(=O)[C@H](C)/C=C(\C)[C@H]1O. The fraction of sp³-hybridized carbons (Fsp3) is 0.741. The Kier molecular flexibility index (Phi) is 23.3. The Balaban J connectivity index is 1.69. The number of fused-ring (bicyclic) bond motifs is 3. The van der Waals surface area contributed by atoms with Crippen LogP contribution in [0.3, 0.4) is 0 Å². The number of hydrogen-bond acceptors (Lipinski definition) is 15. The van der Waals surface area contributed by atoms with Gasteiger partial charge in [0, 0.05) is 65.5 Å². The fourth-order valence-corrected chi connectivity index (χ4v) is 10.5. The van der Waals surface area contributed by atoms with E-state index in [4.69, 9.17) is 28.4 Å². The van der Waals surface area contributed by atoms with E-state index < -0.39 is 109 Å². The van der Waals surface area contributed by atoms with Gasteiger partial charge in [-0.15, -0.1) is 0 Å². The number of aliphatic hydroxyl groups excluding tert-OH is 2. The van der Waals surface area contributed by atoms with Crippen LogP contribution in [0.1, 0.15) is 126 Å². The van der Waals surface area contributed by atoms with Crippen LogP contribution in [-0.4, -0.2) is 157 Å². The third kappa shape index (κ3) is 15.9. The van der Waals surface area contributed by atoms with E-state index >= 15 is 0 Å². The molecular formula is C54H84N2O15. The van der Waals surface area contributed by atoms with E-state index in [1.165, 1.54) is 26.2 Å². The minimum absolute atomic E-state index is 0.000498. The lowest BCUT2D eigenvalue weighted by Crippen LogP contribution is -2.61. The summed E-state index contributed by atoms with van der Waals surface area (Å²) in [5.74, 6) is -8.43. The van der Waals surface area contributed by atoms with E-state index in [1.54, 1.807) is 40.9 Å². The number of ether oxygens (including phenoxy) is 6. The highest BCUT2D eigenvalue weighted by molar-refractivity contribution is 6.39. The van der Waals surface area contributed by atoms with Crippen LogP contribution >= 0.6 is 0 Å². The second-order valence-electron chi connectivity index (χ2n) is 20.8. The van der Waals surface area contributed by atoms with Crippen molar-refractivity contribution < 1.29 is 72.5 Å². The van der Waals surface area contributed by atoms with Gasteiger partial charge in [-0.25, -0.2) is 9.59 Å². The number of piperidine rings is 1. The molecule has 0 aromatic rings. The predicted molar refractivity (Wildman–Crippen MR) is 264 cm³/mol. The third-order valence-electron chi connectivity index (χ3n) is 15.2. The van der Waals surface area contributed by atoms with Crippen molar-refractivity contribution in [3.8, 4) is 0 Å². The van der Waals surface area contributed by atoms with E-state index in [0.29, 0.717) is 69.8 Å². The number of ketones is 3. The molecule has 4 aliphatic rings. The molecule has 17 heteroatoms. The van der Waals surface area contributed by atoms with Crippen LogP contribution in [-0.2, 0) is 52.4 Å². The van der Waals surface area contributed by atoms with Crippen molar-refractivity contribution in [3.05, 3.63) is 47.6 Å². The van der Waals surface area contributed by atoms with Gasteiger partial charge in [-0.3, -0.25) is 24.1 Å².